The van der Waals surface area contributed by atoms with Crippen molar-refractivity contribution >= 4 is 50.7 Å². The molecule has 0 aromatic heterocycles. The van der Waals surface area contributed by atoms with E-state index in [-0.39, 0.29) is 29.7 Å². The lowest BCUT2D eigenvalue weighted by Gasteiger charge is -2.34. The van der Waals surface area contributed by atoms with Crippen molar-refractivity contribution in [1.82, 2.24) is 10.2 Å². The number of anilines is 1. The third-order valence-corrected chi connectivity index (χ3v) is 10.6. The van der Waals surface area contributed by atoms with Crippen molar-refractivity contribution in [2.75, 3.05) is 17.4 Å². The number of hydrogen-bond acceptors (Lipinski definition) is 4. The molecular formula is C37H41Cl2N3O4S. The highest BCUT2D eigenvalue weighted by Crippen LogP contribution is 2.31. The van der Waals surface area contributed by atoms with Gasteiger partial charge in [-0.05, 0) is 73.7 Å². The second-order valence-corrected chi connectivity index (χ2v) is 14.8. The number of amides is 2. The summed E-state index contributed by atoms with van der Waals surface area (Å²) in [5, 5.41) is 3.64. The monoisotopic (exact) mass is 693 g/mol. The summed E-state index contributed by atoms with van der Waals surface area (Å²) >= 11 is 13.2. The van der Waals surface area contributed by atoms with E-state index in [0.29, 0.717) is 33.4 Å². The number of rotatable bonds is 13. The van der Waals surface area contributed by atoms with Crippen LogP contribution in [0.5, 0.6) is 0 Å². The largest absolute Gasteiger partial charge is 0.354 e. The Balaban J connectivity index is 1.86. The summed E-state index contributed by atoms with van der Waals surface area (Å²) in [7, 11) is -4.22. The highest BCUT2D eigenvalue weighted by atomic mass is 35.5. The van der Waals surface area contributed by atoms with Crippen LogP contribution in [0, 0.1) is 26.7 Å². The summed E-state index contributed by atoms with van der Waals surface area (Å²) < 4.78 is 29.8. The highest BCUT2D eigenvalue weighted by Gasteiger charge is 2.35. The summed E-state index contributed by atoms with van der Waals surface area (Å²) in [6.45, 7) is 9.27. The zero-order valence-electron chi connectivity index (χ0n) is 27.3. The van der Waals surface area contributed by atoms with Crippen molar-refractivity contribution in [2.45, 2.75) is 58.5 Å². The number of halogens is 2. The molecule has 4 aromatic rings. The van der Waals surface area contributed by atoms with Gasteiger partial charge in [0.2, 0.25) is 11.8 Å². The molecule has 2 amide bonds. The first kappa shape index (κ1) is 36.0. The Morgan fingerprint density at radius 1 is 0.809 bits per heavy atom. The predicted molar refractivity (Wildman–Crippen MR) is 190 cm³/mol. The van der Waals surface area contributed by atoms with Crippen molar-refractivity contribution in [3.8, 4) is 0 Å². The summed E-state index contributed by atoms with van der Waals surface area (Å²) in [5.41, 5.74) is 4.15. The van der Waals surface area contributed by atoms with Crippen molar-refractivity contribution in [1.29, 1.82) is 0 Å². The lowest BCUT2D eigenvalue weighted by atomic mass is 10.0. The van der Waals surface area contributed by atoms with Crippen LogP contribution in [0.3, 0.4) is 0 Å². The molecule has 0 fully saturated rings. The Morgan fingerprint density at radius 3 is 2.04 bits per heavy atom. The SMILES string of the molecule is Cc1ccc(S(=O)(=O)N(CC(=O)N(Cc2c(Cl)cccc2Cl)C(Cc2ccccc2)C(=O)NCC(C)C)c2cccc(C)c2C)cc1. The molecule has 0 aliphatic heterocycles. The zero-order valence-corrected chi connectivity index (χ0v) is 29.7. The molecule has 47 heavy (non-hydrogen) atoms. The number of sulfonamides is 1. The molecule has 0 bridgehead atoms. The average Bonchev–Trinajstić information content (AvgIpc) is 3.03. The van der Waals surface area contributed by atoms with E-state index in [9.17, 15) is 18.0 Å². The number of nitrogens with zero attached hydrogens (tertiary/aromatic N) is 2. The Kier molecular flexibility index (Phi) is 12.1. The third-order valence-electron chi connectivity index (χ3n) is 8.08. The molecule has 0 spiro atoms. The maximum atomic E-state index is 14.7. The maximum absolute atomic E-state index is 14.7. The van der Waals surface area contributed by atoms with Crippen LogP contribution in [0.25, 0.3) is 0 Å². The quantitative estimate of drug-likeness (QED) is 0.157. The van der Waals surface area contributed by atoms with E-state index in [1.165, 1.54) is 17.0 Å². The van der Waals surface area contributed by atoms with Gasteiger partial charge in [-0.3, -0.25) is 13.9 Å². The molecule has 0 saturated heterocycles. The fraction of sp³-hybridized carbons (Fsp3) is 0.297. The van der Waals surface area contributed by atoms with Gasteiger partial charge >= 0.3 is 0 Å². The molecule has 0 radical (unpaired) electrons. The standard InChI is InChI=1S/C37H41Cl2N3O4S/c1-25(2)22-40-37(44)35(21-29-12-7-6-8-13-29)41(23-31-32(38)14-10-15-33(31)39)36(43)24-42(34-16-9-11-27(4)28(34)5)47(45,46)30-19-17-26(3)18-20-30/h6-20,25,35H,21-24H2,1-5H3,(H,40,44). The minimum absolute atomic E-state index is 0.0491. The fourth-order valence-corrected chi connectivity index (χ4v) is 7.18. The van der Waals surface area contributed by atoms with Gasteiger partial charge < -0.3 is 10.2 Å². The van der Waals surface area contributed by atoms with E-state index in [0.717, 1.165) is 21.0 Å². The van der Waals surface area contributed by atoms with E-state index < -0.39 is 28.5 Å². The summed E-state index contributed by atoms with van der Waals surface area (Å²) in [6.07, 6.45) is 0.187. The molecule has 0 heterocycles. The Bertz CT molecular complexity index is 1790. The van der Waals surface area contributed by atoms with Crippen LogP contribution in [-0.2, 0) is 32.6 Å². The minimum Gasteiger partial charge on any atom is -0.354 e. The Labute approximate surface area is 288 Å². The molecule has 4 rings (SSSR count). The third kappa shape index (κ3) is 8.95. The minimum atomic E-state index is -4.22. The van der Waals surface area contributed by atoms with Gasteiger partial charge in [0.05, 0.1) is 10.6 Å². The lowest BCUT2D eigenvalue weighted by Crippen LogP contribution is -2.54. The number of nitrogens with one attached hydrogen (secondary N) is 1. The van der Waals surface area contributed by atoms with Gasteiger partial charge in [0.15, 0.2) is 0 Å². The number of benzene rings is 4. The molecule has 7 nitrogen and oxygen atoms in total. The van der Waals surface area contributed by atoms with Crippen LogP contribution in [0.15, 0.2) is 95.9 Å². The van der Waals surface area contributed by atoms with E-state index in [1.807, 2.05) is 71.0 Å². The van der Waals surface area contributed by atoms with E-state index in [1.54, 1.807) is 42.5 Å². The van der Waals surface area contributed by atoms with Crippen LogP contribution < -0.4 is 9.62 Å². The van der Waals surface area contributed by atoms with Crippen LogP contribution in [0.4, 0.5) is 5.69 Å². The fourth-order valence-electron chi connectivity index (χ4n) is 5.19. The number of carbonyl (C=O) groups excluding carboxylic acids is 2. The molecule has 10 heteroatoms. The smallest absolute Gasteiger partial charge is 0.264 e. The Morgan fingerprint density at radius 2 is 1.43 bits per heavy atom. The molecule has 0 saturated carbocycles. The molecule has 248 valence electrons. The van der Waals surface area contributed by atoms with E-state index in [4.69, 9.17) is 23.2 Å². The van der Waals surface area contributed by atoms with Gasteiger partial charge in [0.25, 0.3) is 10.0 Å². The lowest BCUT2D eigenvalue weighted by molar-refractivity contribution is -0.140. The Hall–Kier alpha value is -3.85. The van der Waals surface area contributed by atoms with Gasteiger partial charge in [-0.15, -0.1) is 0 Å². The molecular weight excluding hydrogens is 653 g/mol. The van der Waals surface area contributed by atoms with Crippen LogP contribution >= 0.6 is 23.2 Å². The molecule has 1 N–H and O–H groups in total. The zero-order chi connectivity index (χ0) is 34.3. The summed E-state index contributed by atoms with van der Waals surface area (Å²) in [5.74, 6) is -0.783. The first-order valence-corrected chi connectivity index (χ1v) is 17.7. The van der Waals surface area contributed by atoms with Crippen molar-refractivity contribution in [2.24, 2.45) is 5.92 Å². The van der Waals surface area contributed by atoms with Gasteiger partial charge in [-0.25, -0.2) is 8.42 Å². The summed E-state index contributed by atoms with van der Waals surface area (Å²) in [6, 6.07) is 25.3. The molecule has 0 aliphatic carbocycles. The van der Waals surface area contributed by atoms with Gasteiger partial charge in [0.1, 0.15) is 12.6 Å². The maximum Gasteiger partial charge on any atom is 0.264 e. The van der Waals surface area contributed by atoms with Gasteiger partial charge in [-0.1, -0.05) is 103 Å². The number of carbonyl (C=O) groups is 2. The molecule has 4 aromatic carbocycles. The molecule has 1 atom stereocenters. The second kappa shape index (κ2) is 15.8. The van der Waals surface area contributed by atoms with Crippen molar-refractivity contribution in [3.05, 3.63) is 129 Å². The topological polar surface area (TPSA) is 86.8 Å². The van der Waals surface area contributed by atoms with Crippen LogP contribution in [0.2, 0.25) is 10.0 Å². The van der Waals surface area contributed by atoms with Crippen molar-refractivity contribution in [3.63, 3.8) is 0 Å². The molecule has 1 unspecified atom stereocenters. The second-order valence-electron chi connectivity index (χ2n) is 12.1. The summed E-state index contributed by atoms with van der Waals surface area (Å²) in [4.78, 5) is 30.1. The first-order chi connectivity index (χ1) is 22.3. The van der Waals surface area contributed by atoms with Gasteiger partial charge in [-0.2, -0.15) is 0 Å². The predicted octanol–water partition coefficient (Wildman–Crippen LogP) is 7.53. The van der Waals surface area contributed by atoms with Gasteiger partial charge in [0, 0.05) is 35.1 Å². The van der Waals surface area contributed by atoms with Crippen LogP contribution in [-0.4, -0.2) is 44.3 Å². The normalized spacial score (nSPS) is 12.1. The number of hydrogen-bond donors (Lipinski definition) is 1. The van der Waals surface area contributed by atoms with E-state index >= 15 is 0 Å². The first-order valence-electron chi connectivity index (χ1n) is 15.5. The number of aryl methyl sites for hydroxylation is 2. The van der Waals surface area contributed by atoms with Crippen molar-refractivity contribution < 1.29 is 18.0 Å². The highest BCUT2D eigenvalue weighted by molar-refractivity contribution is 7.92. The molecule has 0 aliphatic rings. The average molecular weight is 695 g/mol. The van der Waals surface area contributed by atoms with Crippen LogP contribution in [0.1, 0.15) is 41.7 Å². The van der Waals surface area contributed by atoms with E-state index in [2.05, 4.69) is 5.32 Å².